The first-order chi connectivity index (χ1) is 18.4. The molecule has 0 fully saturated rings. The fraction of sp³-hybridized carbons (Fsp3) is 0.194. The van der Waals surface area contributed by atoms with Crippen molar-refractivity contribution < 1.29 is 14.4 Å². The van der Waals surface area contributed by atoms with Crippen molar-refractivity contribution in [2.45, 2.75) is 31.8 Å². The normalized spacial score (nSPS) is 12.7. The maximum atomic E-state index is 13.6. The zero-order valence-corrected chi connectivity index (χ0v) is 21.6. The molecular weight excluding hydrogens is 476 g/mol. The zero-order chi connectivity index (χ0) is 26.9. The second-order valence-electron chi connectivity index (χ2n) is 9.23. The van der Waals surface area contributed by atoms with E-state index in [1.54, 1.807) is 13.2 Å². The molecule has 0 bridgehead atoms. The molecule has 7 heteroatoms. The van der Waals surface area contributed by atoms with Crippen molar-refractivity contribution in [3.63, 3.8) is 0 Å². The first kappa shape index (κ1) is 26.4. The summed E-state index contributed by atoms with van der Waals surface area (Å²) in [4.78, 5) is 43.7. The van der Waals surface area contributed by atoms with Gasteiger partial charge >= 0.3 is 0 Å². The van der Waals surface area contributed by atoms with E-state index in [4.69, 9.17) is 0 Å². The number of para-hydroxylation sites is 1. The third-order valence-corrected chi connectivity index (χ3v) is 6.46. The van der Waals surface area contributed by atoms with Crippen molar-refractivity contribution in [2.24, 2.45) is 0 Å². The van der Waals surface area contributed by atoms with Gasteiger partial charge in [-0.1, -0.05) is 78.9 Å². The maximum absolute atomic E-state index is 13.6. The van der Waals surface area contributed by atoms with Crippen LogP contribution in [0.3, 0.4) is 0 Å². The van der Waals surface area contributed by atoms with E-state index in [-0.39, 0.29) is 17.7 Å². The number of aromatic amines is 1. The molecule has 3 aromatic carbocycles. The summed E-state index contributed by atoms with van der Waals surface area (Å²) in [5, 5.41) is 6.67. The molecule has 0 saturated carbocycles. The molecule has 0 radical (unpaired) electrons. The van der Waals surface area contributed by atoms with Gasteiger partial charge in [0, 0.05) is 55.7 Å². The molecule has 3 N–H and O–H groups in total. The van der Waals surface area contributed by atoms with Gasteiger partial charge in [0.1, 0.15) is 12.1 Å². The number of carbonyl (C=O) groups excluding carboxylic acids is 3. The summed E-state index contributed by atoms with van der Waals surface area (Å²) < 4.78 is 0. The molecule has 0 aliphatic carbocycles. The highest BCUT2D eigenvalue weighted by Gasteiger charge is 2.31. The minimum Gasteiger partial charge on any atom is -0.361 e. The first-order valence-corrected chi connectivity index (χ1v) is 12.6. The van der Waals surface area contributed by atoms with Crippen LogP contribution in [0.2, 0.25) is 0 Å². The molecule has 2 atom stereocenters. The molecule has 0 aliphatic heterocycles. The van der Waals surface area contributed by atoms with Gasteiger partial charge in [0.2, 0.25) is 17.7 Å². The van der Waals surface area contributed by atoms with Gasteiger partial charge in [0.25, 0.3) is 0 Å². The van der Waals surface area contributed by atoms with Crippen LogP contribution < -0.4 is 10.6 Å². The molecule has 3 amide bonds. The van der Waals surface area contributed by atoms with Gasteiger partial charge in [0.05, 0.1) is 0 Å². The predicted octanol–water partition coefficient (Wildman–Crippen LogP) is 4.07. The van der Waals surface area contributed by atoms with E-state index in [0.717, 1.165) is 27.6 Å². The molecule has 194 valence electrons. The van der Waals surface area contributed by atoms with E-state index in [1.165, 1.54) is 11.8 Å². The Balaban J connectivity index is 1.54. The van der Waals surface area contributed by atoms with Crippen molar-refractivity contribution in [3.05, 3.63) is 114 Å². The Morgan fingerprint density at radius 2 is 1.47 bits per heavy atom. The van der Waals surface area contributed by atoms with Gasteiger partial charge in [-0.15, -0.1) is 0 Å². The van der Waals surface area contributed by atoms with Gasteiger partial charge in [0.15, 0.2) is 0 Å². The summed E-state index contributed by atoms with van der Waals surface area (Å²) in [5.74, 6) is -0.957. The molecular formula is C31H32N4O3. The van der Waals surface area contributed by atoms with E-state index in [2.05, 4.69) is 15.6 Å². The topological polar surface area (TPSA) is 94.3 Å². The van der Waals surface area contributed by atoms with Crippen molar-refractivity contribution in [1.82, 2.24) is 20.5 Å². The number of amides is 3. The van der Waals surface area contributed by atoms with Crippen LogP contribution in [0.25, 0.3) is 17.0 Å². The number of benzene rings is 3. The van der Waals surface area contributed by atoms with Crippen molar-refractivity contribution in [1.29, 1.82) is 0 Å². The van der Waals surface area contributed by atoms with Crippen LogP contribution >= 0.6 is 0 Å². The predicted molar refractivity (Wildman–Crippen MR) is 150 cm³/mol. The monoisotopic (exact) mass is 508 g/mol. The average molecular weight is 509 g/mol. The molecule has 1 aromatic heterocycles. The second-order valence-corrected chi connectivity index (χ2v) is 9.23. The number of carbonyl (C=O) groups is 3. The van der Waals surface area contributed by atoms with E-state index < -0.39 is 12.1 Å². The number of nitrogens with one attached hydrogen (secondary N) is 3. The Hall–Kier alpha value is -4.65. The number of aromatic nitrogens is 1. The molecule has 7 nitrogen and oxygen atoms in total. The highest BCUT2D eigenvalue weighted by molar-refractivity contribution is 5.93. The number of nitrogens with zero attached hydrogens (tertiary/aromatic N) is 1. The fourth-order valence-corrected chi connectivity index (χ4v) is 4.48. The molecule has 0 aliphatic rings. The number of likely N-dealkylation sites (N-methyl/N-ethyl adjacent to an activating group) is 1. The van der Waals surface area contributed by atoms with E-state index in [1.807, 2.05) is 97.2 Å². The van der Waals surface area contributed by atoms with Crippen LogP contribution in [0.1, 0.15) is 23.6 Å². The average Bonchev–Trinajstić information content (AvgIpc) is 3.34. The highest BCUT2D eigenvalue weighted by Crippen LogP contribution is 2.19. The summed E-state index contributed by atoms with van der Waals surface area (Å²) >= 11 is 0. The number of fused-ring (bicyclic) bond motifs is 1. The Labute approximate surface area is 222 Å². The number of rotatable bonds is 10. The van der Waals surface area contributed by atoms with E-state index >= 15 is 0 Å². The SMILES string of the molecule is CC(=O)NC(Cc1ccccc1)C(=O)N(C)C(Cc1ccccc1)C(=O)N/C=C\c1c[nH]c2ccccc12. The van der Waals surface area contributed by atoms with Gasteiger partial charge in [-0.25, -0.2) is 0 Å². The zero-order valence-electron chi connectivity index (χ0n) is 21.6. The lowest BCUT2D eigenvalue weighted by molar-refractivity contribution is -0.141. The van der Waals surface area contributed by atoms with Gasteiger partial charge < -0.3 is 20.5 Å². The molecule has 1 heterocycles. The van der Waals surface area contributed by atoms with Gasteiger partial charge in [-0.3, -0.25) is 14.4 Å². The summed E-state index contributed by atoms with van der Waals surface area (Å²) in [7, 11) is 1.61. The van der Waals surface area contributed by atoms with Crippen LogP contribution in [-0.2, 0) is 27.2 Å². The first-order valence-electron chi connectivity index (χ1n) is 12.6. The van der Waals surface area contributed by atoms with Crippen LogP contribution in [0.4, 0.5) is 0 Å². The van der Waals surface area contributed by atoms with Crippen LogP contribution in [0.15, 0.2) is 97.3 Å². The Morgan fingerprint density at radius 3 is 2.13 bits per heavy atom. The Morgan fingerprint density at radius 1 is 0.868 bits per heavy atom. The quantitative estimate of drug-likeness (QED) is 0.301. The molecule has 4 rings (SSSR count). The largest absolute Gasteiger partial charge is 0.361 e. The lowest BCUT2D eigenvalue weighted by Crippen LogP contribution is -2.55. The maximum Gasteiger partial charge on any atom is 0.247 e. The molecule has 4 aromatic rings. The number of H-pyrrole nitrogens is 1. The smallest absolute Gasteiger partial charge is 0.247 e. The number of hydrogen-bond acceptors (Lipinski definition) is 3. The molecule has 0 saturated heterocycles. The number of hydrogen-bond donors (Lipinski definition) is 3. The van der Waals surface area contributed by atoms with Crippen LogP contribution in [-0.4, -0.2) is 46.7 Å². The minimum atomic E-state index is -0.798. The minimum absolute atomic E-state index is 0.307. The summed E-state index contributed by atoms with van der Waals surface area (Å²) in [6.45, 7) is 1.38. The molecule has 38 heavy (non-hydrogen) atoms. The molecule has 0 spiro atoms. The lowest BCUT2D eigenvalue weighted by Gasteiger charge is -2.30. The van der Waals surface area contributed by atoms with Crippen LogP contribution in [0.5, 0.6) is 0 Å². The standard InChI is InChI=1S/C31H32N4O3/c1-22(36)34-28(19-23-11-5-3-6-12-23)31(38)35(2)29(20-24-13-7-4-8-14-24)30(37)32-18-17-25-21-33-27-16-10-9-15-26(25)27/h3-18,21,28-29,33H,19-20H2,1-2H3,(H,32,37)(H,34,36)/b18-17-. The Bertz CT molecular complexity index is 1410. The van der Waals surface area contributed by atoms with E-state index in [9.17, 15) is 14.4 Å². The highest BCUT2D eigenvalue weighted by atomic mass is 16.2. The lowest BCUT2D eigenvalue weighted by atomic mass is 10.0. The second kappa shape index (κ2) is 12.5. The van der Waals surface area contributed by atoms with E-state index in [0.29, 0.717) is 12.8 Å². The van der Waals surface area contributed by atoms with Gasteiger partial charge in [-0.2, -0.15) is 0 Å². The third-order valence-electron chi connectivity index (χ3n) is 6.46. The van der Waals surface area contributed by atoms with Gasteiger partial charge in [-0.05, 0) is 23.3 Å². The van der Waals surface area contributed by atoms with Crippen molar-refractivity contribution in [2.75, 3.05) is 7.05 Å². The summed E-state index contributed by atoms with van der Waals surface area (Å²) in [6, 6.07) is 25.4. The van der Waals surface area contributed by atoms with Crippen LogP contribution in [0, 0.1) is 0 Å². The van der Waals surface area contributed by atoms with Crippen molar-refractivity contribution in [3.8, 4) is 0 Å². The Kier molecular flexibility index (Phi) is 8.72. The fourth-order valence-electron chi connectivity index (χ4n) is 4.48. The summed E-state index contributed by atoms with van der Waals surface area (Å²) in [5.41, 5.74) is 3.79. The summed E-state index contributed by atoms with van der Waals surface area (Å²) in [6.07, 6.45) is 5.96. The third kappa shape index (κ3) is 6.76. The van der Waals surface area contributed by atoms with Crippen molar-refractivity contribution >= 4 is 34.7 Å². The molecule has 2 unspecified atom stereocenters.